The summed E-state index contributed by atoms with van der Waals surface area (Å²) in [6.07, 6.45) is 1.01. The Balaban J connectivity index is 1.49. The Labute approximate surface area is 253 Å². The van der Waals surface area contributed by atoms with Crippen LogP contribution in [0.4, 0.5) is 0 Å². The smallest absolute Gasteiger partial charge is 0.338 e. The number of ketones is 1. The number of rotatable bonds is 7. The lowest BCUT2D eigenvalue weighted by Crippen LogP contribution is -2.64. The van der Waals surface area contributed by atoms with Gasteiger partial charge in [0, 0.05) is 17.8 Å². The van der Waals surface area contributed by atoms with Gasteiger partial charge in [-0.05, 0) is 107 Å². The van der Waals surface area contributed by atoms with E-state index in [9.17, 15) is 40.2 Å². The Morgan fingerprint density at radius 3 is 2.30 bits per heavy atom. The fourth-order valence-corrected chi connectivity index (χ4v) is 9.33. The first-order valence-electron chi connectivity index (χ1n) is 15.6. The lowest BCUT2D eigenvalue weighted by Gasteiger charge is -2.61. The molecular formula is C34H48O9. The van der Waals surface area contributed by atoms with E-state index < -0.39 is 63.4 Å². The van der Waals surface area contributed by atoms with Crippen LogP contribution < -0.4 is 0 Å². The van der Waals surface area contributed by atoms with E-state index in [1.165, 1.54) is 6.08 Å². The molecule has 4 aliphatic carbocycles. The molecule has 3 saturated carbocycles. The van der Waals surface area contributed by atoms with Crippen LogP contribution in [0.5, 0.6) is 0 Å². The molecule has 0 bridgehead atoms. The van der Waals surface area contributed by atoms with Gasteiger partial charge < -0.3 is 35.4 Å². The third-order valence-electron chi connectivity index (χ3n) is 11.8. The summed E-state index contributed by atoms with van der Waals surface area (Å²) in [4.78, 5) is 26.7. The van der Waals surface area contributed by atoms with Gasteiger partial charge in [-0.1, -0.05) is 32.0 Å². The van der Waals surface area contributed by atoms with E-state index in [1.54, 1.807) is 51.1 Å². The number of hydrogen-bond acceptors (Lipinski definition) is 9. The van der Waals surface area contributed by atoms with Crippen LogP contribution in [0.1, 0.15) is 96.3 Å². The Bertz CT molecular complexity index is 1280. The molecule has 238 valence electrons. The number of benzene rings is 1. The van der Waals surface area contributed by atoms with Gasteiger partial charge in [-0.25, -0.2) is 4.79 Å². The van der Waals surface area contributed by atoms with Gasteiger partial charge in [0.05, 0.1) is 16.8 Å². The fraction of sp³-hybridized carbons (Fsp3) is 0.706. The summed E-state index contributed by atoms with van der Waals surface area (Å²) in [5.41, 5.74) is -4.97. The number of ether oxygens (including phenoxy) is 1. The molecule has 0 unspecified atom stereocenters. The van der Waals surface area contributed by atoms with E-state index in [-0.39, 0.29) is 43.8 Å². The minimum Gasteiger partial charge on any atom is -0.456 e. The molecule has 1 aromatic carbocycles. The normalized spacial score (nSPS) is 39.0. The third kappa shape index (κ3) is 5.20. The fourth-order valence-electron chi connectivity index (χ4n) is 9.33. The molecule has 4 aliphatic rings. The van der Waals surface area contributed by atoms with E-state index in [4.69, 9.17) is 4.74 Å². The lowest BCUT2D eigenvalue weighted by molar-refractivity contribution is -0.276. The number of carbonyl (C=O) groups is 2. The topological polar surface area (TPSA) is 165 Å². The number of esters is 1. The van der Waals surface area contributed by atoms with Crippen molar-refractivity contribution in [2.24, 2.45) is 28.6 Å². The first kappa shape index (κ1) is 32.3. The molecule has 9 nitrogen and oxygen atoms in total. The summed E-state index contributed by atoms with van der Waals surface area (Å²) in [5, 5.41) is 67.0. The highest BCUT2D eigenvalue weighted by atomic mass is 16.6. The van der Waals surface area contributed by atoms with Crippen molar-refractivity contribution in [2.75, 3.05) is 0 Å². The number of aliphatic hydroxyl groups excluding tert-OH is 1. The maximum Gasteiger partial charge on any atom is 0.338 e. The SMILES string of the molecule is CC(C)(O)CC[C@@H](OC(=O)c1ccccc1)[C@](C)(O)[C@H]1CC[C@@]2(O)C3=CC(=O)[C@H]4C[C@@H](O)C(O)(O)C[C@]4(C)[C@H]3CC[C@]12C. The molecule has 9 atom stereocenters. The van der Waals surface area contributed by atoms with Gasteiger partial charge in [0.1, 0.15) is 17.8 Å². The molecule has 0 radical (unpaired) electrons. The van der Waals surface area contributed by atoms with Gasteiger partial charge >= 0.3 is 5.97 Å². The summed E-state index contributed by atoms with van der Waals surface area (Å²) in [5.74, 6) is -4.60. The molecule has 0 aromatic heterocycles. The largest absolute Gasteiger partial charge is 0.456 e. The summed E-state index contributed by atoms with van der Waals surface area (Å²) >= 11 is 0. The summed E-state index contributed by atoms with van der Waals surface area (Å²) in [7, 11) is 0. The van der Waals surface area contributed by atoms with E-state index in [1.807, 2.05) is 13.8 Å². The van der Waals surface area contributed by atoms with Crippen LogP contribution in [-0.4, -0.2) is 77.2 Å². The second-order valence-electron chi connectivity index (χ2n) is 15.2. The van der Waals surface area contributed by atoms with Crippen LogP contribution in [0.2, 0.25) is 0 Å². The highest BCUT2D eigenvalue weighted by Gasteiger charge is 2.70. The number of allylic oxidation sites excluding steroid dienone is 1. The molecule has 0 saturated heterocycles. The van der Waals surface area contributed by atoms with Gasteiger partial charge in [0.25, 0.3) is 0 Å². The van der Waals surface area contributed by atoms with Crippen LogP contribution in [0, 0.1) is 28.6 Å². The maximum absolute atomic E-state index is 13.5. The first-order chi connectivity index (χ1) is 19.8. The Hall–Kier alpha value is -2.14. The van der Waals surface area contributed by atoms with E-state index in [2.05, 4.69) is 0 Å². The van der Waals surface area contributed by atoms with Crippen LogP contribution >= 0.6 is 0 Å². The summed E-state index contributed by atoms with van der Waals surface area (Å²) in [6, 6.07) is 8.52. The number of carbonyl (C=O) groups excluding carboxylic acids is 2. The molecule has 9 heteroatoms. The minimum atomic E-state index is -2.34. The predicted molar refractivity (Wildman–Crippen MR) is 157 cm³/mol. The van der Waals surface area contributed by atoms with Gasteiger partial charge in [-0.15, -0.1) is 0 Å². The first-order valence-corrected chi connectivity index (χ1v) is 15.6. The molecule has 0 aliphatic heterocycles. The van der Waals surface area contributed by atoms with Crippen molar-refractivity contribution in [3.05, 3.63) is 47.5 Å². The molecule has 3 fully saturated rings. The van der Waals surface area contributed by atoms with Crippen molar-refractivity contribution in [1.82, 2.24) is 0 Å². The minimum absolute atomic E-state index is 0.0642. The zero-order valence-corrected chi connectivity index (χ0v) is 25.9. The van der Waals surface area contributed by atoms with Crippen LogP contribution in [0.15, 0.2) is 42.0 Å². The van der Waals surface area contributed by atoms with Crippen molar-refractivity contribution in [3.63, 3.8) is 0 Å². The van der Waals surface area contributed by atoms with Crippen LogP contribution in [0.3, 0.4) is 0 Å². The molecule has 0 amide bonds. The van der Waals surface area contributed by atoms with Gasteiger partial charge in [0.2, 0.25) is 0 Å². The molecule has 0 heterocycles. The second kappa shape index (κ2) is 10.5. The molecule has 43 heavy (non-hydrogen) atoms. The van der Waals surface area contributed by atoms with Crippen LogP contribution in [-0.2, 0) is 9.53 Å². The van der Waals surface area contributed by atoms with Gasteiger partial charge in [-0.2, -0.15) is 0 Å². The maximum atomic E-state index is 13.5. The highest BCUT2D eigenvalue weighted by molar-refractivity contribution is 5.95. The summed E-state index contributed by atoms with van der Waals surface area (Å²) in [6.45, 7) is 8.73. The molecular weight excluding hydrogens is 552 g/mol. The van der Waals surface area contributed by atoms with Crippen molar-refractivity contribution in [1.29, 1.82) is 0 Å². The monoisotopic (exact) mass is 600 g/mol. The van der Waals surface area contributed by atoms with Crippen molar-refractivity contribution >= 4 is 11.8 Å². The second-order valence-corrected chi connectivity index (χ2v) is 15.2. The quantitative estimate of drug-likeness (QED) is 0.204. The number of fused-ring (bicyclic) bond motifs is 5. The Morgan fingerprint density at radius 2 is 1.67 bits per heavy atom. The van der Waals surface area contributed by atoms with E-state index in [0.717, 1.165) is 0 Å². The average Bonchev–Trinajstić information content (AvgIpc) is 3.19. The van der Waals surface area contributed by atoms with E-state index >= 15 is 0 Å². The molecule has 5 rings (SSSR count). The van der Waals surface area contributed by atoms with Gasteiger partial charge in [-0.3, -0.25) is 4.79 Å². The highest BCUT2D eigenvalue weighted by Crippen LogP contribution is 2.69. The Morgan fingerprint density at radius 1 is 1.02 bits per heavy atom. The van der Waals surface area contributed by atoms with Crippen molar-refractivity contribution in [2.45, 2.75) is 121 Å². The van der Waals surface area contributed by atoms with Crippen LogP contribution in [0.25, 0.3) is 0 Å². The summed E-state index contributed by atoms with van der Waals surface area (Å²) < 4.78 is 5.98. The molecule has 1 aromatic rings. The zero-order valence-electron chi connectivity index (χ0n) is 25.9. The number of hydrogen-bond donors (Lipinski definition) is 6. The standard InChI is InChI=1S/C34H48O9/c1-29(2,38)14-13-27(43-28(37)20-9-7-6-8-10-20)32(5,39)25-12-16-33(40)22-17-24(35)23-18-26(36)34(41,42)19-30(23,3)21(22)11-15-31(25,33)4/h6-10,17,21,23,25-27,36,38-42H,11-16,18-19H2,1-5H3/t21-,23+,25-,26+,27+,30+,31+,32+,33+/m0/s1. The average molecular weight is 601 g/mol. The zero-order chi connectivity index (χ0) is 31.8. The molecule has 0 spiro atoms. The van der Waals surface area contributed by atoms with E-state index in [0.29, 0.717) is 30.4 Å². The lowest BCUT2D eigenvalue weighted by atomic mass is 9.45. The van der Waals surface area contributed by atoms with Crippen molar-refractivity contribution < 1.29 is 45.0 Å². The number of aliphatic hydroxyl groups is 6. The van der Waals surface area contributed by atoms with Crippen molar-refractivity contribution in [3.8, 4) is 0 Å². The predicted octanol–water partition coefficient (Wildman–Crippen LogP) is 3.04. The Kier molecular flexibility index (Phi) is 7.85. The van der Waals surface area contributed by atoms with Gasteiger partial charge in [0.15, 0.2) is 11.6 Å². The molecule has 6 N–H and O–H groups in total. The third-order valence-corrected chi connectivity index (χ3v) is 11.8.